The van der Waals surface area contributed by atoms with Crippen LogP contribution in [0.2, 0.25) is 0 Å². The minimum absolute atomic E-state index is 0.0629. The SMILES string of the molecule is N#Cc1ccccc1NC(=O)CCNCCC1=CCCCC1. The van der Waals surface area contributed by atoms with E-state index in [0.717, 1.165) is 13.0 Å². The van der Waals surface area contributed by atoms with Gasteiger partial charge >= 0.3 is 0 Å². The van der Waals surface area contributed by atoms with E-state index in [2.05, 4.69) is 22.8 Å². The predicted octanol–water partition coefficient (Wildman–Crippen LogP) is 3.37. The van der Waals surface area contributed by atoms with Gasteiger partial charge in [-0.25, -0.2) is 0 Å². The van der Waals surface area contributed by atoms with Crippen LogP contribution in [0.5, 0.6) is 0 Å². The quantitative estimate of drug-likeness (QED) is 0.599. The summed E-state index contributed by atoms with van der Waals surface area (Å²) in [5, 5.41) is 15.1. The summed E-state index contributed by atoms with van der Waals surface area (Å²) < 4.78 is 0. The number of amides is 1. The van der Waals surface area contributed by atoms with Gasteiger partial charge in [-0.2, -0.15) is 5.26 Å². The molecule has 1 aromatic carbocycles. The molecule has 1 amide bonds. The third-order valence-corrected chi connectivity index (χ3v) is 3.86. The molecule has 22 heavy (non-hydrogen) atoms. The second-order valence-electron chi connectivity index (χ2n) is 5.56. The second-order valence-corrected chi connectivity index (χ2v) is 5.56. The summed E-state index contributed by atoms with van der Waals surface area (Å²) in [5.41, 5.74) is 2.63. The Morgan fingerprint density at radius 1 is 1.23 bits per heavy atom. The summed E-state index contributed by atoms with van der Waals surface area (Å²) in [5.74, 6) is -0.0629. The third kappa shape index (κ3) is 5.34. The Hall–Kier alpha value is -2.12. The van der Waals surface area contributed by atoms with Crippen molar-refractivity contribution in [2.75, 3.05) is 18.4 Å². The minimum Gasteiger partial charge on any atom is -0.325 e. The van der Waals surface area contributed by atoms with E-state index >= 15 is 0 Å². The van der Waals surface area contributed by atoms with Crippen LogP contribution in [-0.4, -0.2) is 19.0 Å². The fourth-order valence-electron chi connectivity index (χ4n) is 2.61. The van der Waals surface area contributed by atoms with Crippen LogP contribution in [0.1, 0.15) is 44.1 Å². The molecule has 0 fully saturated rings. The number of nitrogens with zero attached hydrogens (tertiary/aromatic N) is 1. The molecule has 0 aliphatic heterocycles. The van der Waals surface area contributed by atoms with E-state index in [1.54, 1.807) is 23.8 Å². The van der Waals surface area contributed by atoms with Gasteiger partial charge in [0.2, 0.25) is 5.91 Å². The lowest BCUT2D eigenvalue weighted by Gasteiger charge is -2.13. The van der Waals surface area contributed by atoms with Gasteiger partial charge in [-0.1, -0.05) is 23.8 Å². The number of rotatable bonds is 7. The van der Waals surface area contributed by atoms with E-state index in [-0.39, 0.29) is 5.91 Å². The Balaban J connectivity index is 1.63. The maximum absolute atomic E-state index is 11.9. The number of anilines is 1. The molecule has 0 saturated carbocycles. The van der Waals surface area contributed by atoms with Crippen molar-refractivity contribution in [1.82, 2.24) is 5.32 Å². The highest BCUT2D eigenvalue weighted by Crippen LogP contribution is 2.19. The van der Waals surface area contributed by atoms with Crippen molar-refractivity contribution < 1.29 is 4.79 Å². The maximum Gasteiger partial charge on any atom is 0.225 e. The monoisotopic (exact) mass is 297 g/mol. The summed E-state index contributed by atoms with van der Waals surface area (Å²) in [7, 11) is 0. The average molecular weight is 297 g/mol. The van der Waals surface area contributed by atoms with Crippen LogP contribution >= 0.6 is 0 Å². The van der Waals surface area contributed by atoms with E-state index in [1.807, 2.05) is 6.07 Å². The van der Waals surface area contributed by atoms with Crippen LogP contribution in [0.4, 0.5) is 5.69 Å². The maximum atomic E-state index is 11.9. The molecule has 1 aromatic rings. The lowest BCUT2D eigenvalue weighted by Crippen LogP contribution is -2.23. The Morgan fingerprint density at radius 2 is 2.09 bits per heavy atom. The number of nitriles is 1. The largest absolute Gasteiger partial charge is 0.325 e. The highest BCUT2D eigenvalue weighted by atomic mass is 16.1. The molecular weight excluding hydrogens is 274 g/mol. The van der Waals surface area contributed by atoms with Crippen LogP contribution in [0.3, 0.4) is 0 Å². The van der Waals surface area contributed by atoms with Crippen LogP contribution in [0, 0.1) is 11.3 Å². The van der Waals surface area contributed by atoms with Gasteiger partial charge < -0.3 is 10.6 Å². The van der Waals surface area contributed by atoms with Crippen molar-refractivity contribution in [3.05, 3.63) is 41.5 Å². The van der Waals surface area contributed by atoms with Gasteiger partial charge in [-0.15, -0.1) is 0 Å². The topological polar surface area (TPSA) is 64.9 Å². The molecule has 4 nitrogen and oxygen atoms in total. The first-order chi connectivity index (χ1) is 10.8. The Bertz CT molecular complexity index is 572. The first-order valence-corrected chi connectivity index (χ1v) is 7.97. The molecular formula is C18H23N3O. The normalized spacial score (nSPS) is 14.0. The zero-order valence-electron chi connectivity index (χ0n) is 12.9. The van der Waals surface area contributed by atoms with E-state index < -0.39 is 0 Å². The number of hydrogen-bond donors (Lipinski definition) is 2. The number of carbonyl (C=O) groups is 1. The molecule has 4 heteroatoms. The highest BCUT2D eigenvalue weighted by Gasteiger charge is 2.06. The smallest absolute Gasteiger partial charge is 0.225 e. The number of hydrogen-bond acceptors (Lipinski definition) is 3. The summed E-state index contributed by atoms with van der Waals surface area (Å²) in [6, 6.07) is 9.13. The molecule has 0 saturated heterocycles. The van der Waals surface area contributed by atoms with Gasteiger partial charge in [0, 0.05) is 13.0 Å². The summed E-state index contributed by atoms with van der Waals surface area (Å²) >= 11 is 0. The van der Waals surface area contributed by atoms with Crippen molar-refractivity contribution in [2.24, 2.45) is 0 Å². The molecule has 0 heterocycles. The van der Waals surface area contributed by atoms with Gasteiger partial charge in [0.15, 0.2) is 0 Å². The third-order valence-electron chi connectivity index (χ3n) is 3.86. The molecule has 1 aliphatic rings. The van der Waals surface area contributed by atoms with Crippen molar-refractivity contribution in [2.45, 2.75) is 38.5 Å². The van der Waals surface area contributed by atoms with Gasteiger partial charge in [-0.3, -0.25) is 4.79 Å². The van der Waals surface area contributed by atoms with E-state index in [1.165, 1.54) is 25.7 Å². The molecule has 0 spiro atoms. The zero-order valence-corrected chi connectivity index (χ0v) is 12.9. The standard InChI is InChI=1S/C18H23N3O/c19-14-16-8-4-5-9-17(16)21-18(22)11-13-20-12-10-15-6-2-1-3-7-15/h4-6,8-9,20H,1-3,7,10-13H2,(H,21,22). The van der Waals surface area contributed by atoms with Gasteiger partial charge in [-0.05, 0) is 50.8 Å². The van der Waals surface area contributed by atoms with Gasteiger partial charge in [0.1, 0.15) is 6.07 Å². The van der Waals surface area contributed by atoms with E-state index in [0.29, 0.717) is 24.2 Å². The first-order valence-electron chi connectivity index (χ1n) is 7.97. The van der Waals surface area contributed by atoms with Crippen LogP contribution < -0.4 is 10.6 Å². The first kappa shape index (κ1) is 16.3. The lowest BCUT2D eigenvalue weighted by atomic mass is 9.97. The number of allylic oxidation sites excluding steroid dienone is 1. The molecule has 0 bridgehead atoms. The number of para-hydroxylation sites is 1. The van der Waals surface area contributed by atoms with Crippen molar-refractivity contribution in [3.63, 3.8) is 0 Å². The lowest BCUT2D eigenvalue weighted by molar-refractivity contribution is -0.116. The molecule has 1 aliphatic carbocycles. The number of benzene rings is 1. The Kier molecular flexibility index (Phi) is 6.66. The minimum atomic E-state index is -0.0629. The van der Waals surface area contributed by atoms with Crippen LogP contribution in [-0.2, 0) is 4.79 Å². The Morgan fingerprint density at radius 3 is 2.86 bits per heavy atom. The zero-order chi connectivity index (χ0) is 15.6. The molecule has 2 N–H and O–H groups in total. The second kappa shape index (κ2) is 9.01. The fourth-order valence-corrected chi connectivity index (χ4v) is 2.61. The van der Waals surface area contributed by atoms with Gasteiger partial charge in [0.05, 0.1) is 11.3 Å². The van der Waals surface area contributed by atoms with Gasteiger partial charge in [0.25, 0.3) is 0 Å². The summed E-state index contributed by atoms with van der Waals surface area (Å²) in [6.07, 6.45) is 8.94. The van der Waals surface area contributed by atoms with Crippen molar-refractivity contribution in [3.8, 4) is 6.07 Å². The molecule has 0 unspecified atom stereocenters. The Labute approximate surface area is 132 Å². The summed E-state index contributed by atoms with van der Waals surface area (Å²) in [4.78, 5) is 11.9. The molecule has 116 valence electrons. The number of carbonyl (C=O) groups excluding carboxylic acids is 1. The van der Waals surface area contributed by atoms with E-state index in [9.17, 15) is 4.79 Å². The van der Waals surface area contributed by atoms with Crippen molar-refractivity contribution in [1.29, 1.82) is 5.26 Å². The fraction of sp³-hybridized carbons (Fsp3) is 0.444. The average Bonchev–Trinajstić information content (AvgIpc) is 2.56. The molecule has 0 atom stereocenters. The van der Waals surface area contributed by atoms with Crippen LogP contribution in [0.25, 0.3) is 0 Å². The highest BCUT2D eigenvalue weighted by molar-refractivity contribution is 5.92. The van der Waals surface area contributed by atoms with Crippen LogP contribution in [0.15, 0.2) is 35.9 Å². The predicted molar refractivity (Wildman–Crippen MR) is 88.4 cm³/mol. The van der Waals surface area contributed by atoms with E-state index in [4.69, 9.17) is 5.26 Å². The summed E-state index contributed by atoms with van der Waals surface area (Å²) in [6.45, 7) is 1.59. The molecule has 0 aromatic heterocycles. The molecule has 2 rings (SSSR count). The number of nitrogens with one attached hydrogen (secondary N) is 2. The van der Waals surface area contributed by atoms with Crippen molar-refractivity contribution >= 4 is 11.6 Å². The molecule has 0 radical (unpaired) electrons.